The van der Waals surface area contributed by atoms with Crippen molar-refractivity contribution in [2.75, 3.05) is 6.54 Å². The van der Waals surface area contributed by atoms with Crippen molar-refractivity contribution in [2.45, 2.75) is 24.1 Å². The molecule has 112 valence electrons. The van der Waals surface area contributed by atoms with Crippen LogP contribution in [0.4, 0.5) is 5.69 Å². The van der Waals surface area contributed by atoms with Gasteiger partial charge in [-0.25, -0.2) is 0 Å². The summed E-state index contributed by atoms with van der Waals surface area (Å²) in [6.45, 7) is 3.50. The van der Waals surface area contributed by atoms with Gasteiger partial charge in [-0.05, 0) is 30.8 Å². The molecule has 0 saturated carbocycles. The molecule has 6 nitrogen and oxygen atoms in total. The molecular weight excluding hydrogens is 292 g/mol. The number of nitro groups is 1. The van der Waals surface area contributed by atoms with Crippen LogP contribution < -0.4 is 5.32 Å². The summed E-state index contributed by atoms with van der Waals surface area (Å²) in [7, 11) is -1.29. The number of nitro benzene ring substituents is 1. The van der Waals surface area contributed by atoms with Gasteiger partial charge in [0.2, 0.25) is 0 Å². The monoisotopic (exact) mass is 308 g/mol. The van der Waals surface area contributed by atoms with E-state index < -0.39 is 15.7 Å². The van der Waals surface area contributed by atoms with Crippen LogP contribution >= 0.6 is 0 Å². The van der Waals surface area contributed by atoms with Crippen molar-refractivity contribution in [3.63, 3.8) is 0 Å². The third kappa shape index (κ3) is 4.24. The smallest absolute Gasteiger partial charge is 0.269 e. The SMILES string of the molecule is CCNCc1ccc(CS(=O)c2ccc([N+](=O)[O-])cc2)o1. The quantitative estimate of drug-likeness (QED) is 0.627. The molecule has 1 atom stereocenters. The van der Waals surface area contributed by atoms with E-state index in [0.29, 0.717) is 17.2 Å². The molecule has 0 fully saturated rings. The minimum Gasteiger partial charge on any atom is -0.464 e. The van der Waals surface area contributed by atoms with E-state index in [2.05, 4.69) is 5.32 Å². The lowest BCUT2D eigenvalue weighted by molar-refractivity contribution is -0.384. The molecule has 2 rings (SSSR count). The molecule has 0 saturated heterocycles. The Balaban J connectivity index is 2.00. The molecule has 1 aromatic carbocycles. The summed E-state index contributed by atoms with van der Waals surface area (Å²) in [4.78, 5) is 10.6. The van der Waals surface area contributed by atoms with Crippen molar-refractivity contribution in [1.29, 1.82) is 0 Å². The van der Waals surface area contributed by atoms with E-state index in [1.54, 1.807) is 6.07 Å². The highest BCUT2D eigenvalue weighted by Crippen LogP contribution is 2.18. The highest BCUT2D eigenvalue weighted by Gasteiger charge is 2.11. The second kappa shape index (κ2) is 7.14. The van der Waals surface area contributed by atoms with E-state index in [4.69, 9.17) is 4.42 Å². The van der Waals surface area contributed by atoms with Gasteiger partial charge < -0.3 is 9.73 Å². The van der Waals surface area contributed by atoms with E-state index in [-0.39, 0.29) is 11.4 Å². The van der Waals surface area contributed by atoms with Gasteiger partial charge in [-0.15, -0.1) is 0 Å². The Labute approximate surface area is 124 Å². The van der Waals surface area contributed by atoms with Gasteiger partial charge in [0.15, 0.2) is 0 Å². The number of hydrogen-bond acceptors (Lipinski definition) is 5. The number of furan rings is 1. The Morgan fingerprint density at radius 2 is 1.86 bits per heavy atom. The van der Waals surface area contributed by atoms with Crippen molar-refractivity contribution >= 4 is 16.5 Å². The zero-order valence-corrected chi connectivity index (χ0v) is 12.4. The summed E-state index contributed by atoms with van der Waals surface area (Å²) in [6.07, 6.45) is 0. The maximum atomic E-state index is 12.2. The van der Waals surface area contributed by atoms with Crippen LogP contribution in [0.25, 0.3) is 0 Å². The first-order valence-electron chi connectivity index (χ1n) is 6.51. The number of hydrogen-bond donors (Lipinski definition) is 1. The molecule has 1 unspecified atom stereocenters. The van der Waals surface area contributed by atoms with Crippen molar-refractivity contribution in [2.24, 2.45) is 0 Å². The van der Waals surface area contributed by atoms with Gasteiger partial charge in [0, 0.05) is 17.0 Å². The van der Waals surface area contributed by atoms with Crippen LogP contribution in [0.15, 0.2) is 45.7 Å². The van der Waals surface area contributed by atoms with Crippen LogP contribution in [0.1, 0.15) is 18.4 Å². The number of benzene rings is 1. The molecule has 1 N–H and O–H groups in total. The van der Waals surface area contributed by atoms with E-state index in [1.165, 1.54) is 24.3 Å². The lowest BCUT2D eigenvalue weighted by atomic mass is 10.3. The molecule has 21 heavy (non-hydrogen) atoms. The molecule has 2 aromatic rings. The molecule has 0 radical (unpaired) electrons. The summed E-state index contributed by atoms with van der Waals surface area (Å²) in [5.41, 5.74) is -0.0123. The summed E-state index contributed by atoms with van der Waals surface area (Å²) in [5, 5.41) is 13.7. The van der Waals surface area contributed by atoms with Crippen LogP contribution in [-0.4, -0.2) is 15.7 Å². The lowest BCUT2D eigenvalue weighted by Gasteiger charge is -2.01. The van der Waals surface area contributed by atoms with Gasteiger partial charge >= 0.3 is 0 Å². The molecular formula is C14H16N2O4S. The summed E-state index contributed by atoms with van der Waals surface area (Å²) in [6, 6.07) is 9.38. The zero-order valence-electron chi connectivity index (χ0n) is 11.6. The van der Waals surface area contributed by atoms with E-state index in [0.717, 1.165) is 12.3 Å². The Bertz CT molecular complexity index is 637. The minimum atomic E-state index is -1.29. The highest BCUT2D eigenvalue weighted by molar-refractivity contribution is 7.84. The summed E-state index contributed by atoms with van der Waals surface area (Å²) in [5.74, 6) is 1.69. The molecule has 0 amide bonds. The van der Waals surface area contributed by atoms with Crippen molar-refractivity contribution < 1.29 is 13.5 Å². The fourth-order valence-electron chi connectivity index (χ4n) is 1.78. The third-order valence-electron chi connectivity index (χ3n) is 2.85. The fraction of sp³-hybridized carbons (Fsp3) is 0.286. The Kier molecular flexibility index (Phi) is 5.24. The minimum absolute atomic E-state index is 0.0123. The lowest BCUT2D eigenvalue weighted by Crippen LogP contribution is -2.10. The van der Waals surface area contributed by atoms with Crippen molar-refractivity contribution in [3.8, 4) is 0 Å². The van der Waals surface area contributed by atoms with E-state index in [1.807, 2.05) is 13.0 Å². The average molecular weight is 308 g/mol. The van der Waals surface area contributed by atoms with Crippen LogP contribution in [-0.2, 0) is 23.1 Å². The first-order chi connectivity index (χ1) is 10.1. The Hall–Kier alpha value is -1.99. The van der Waals surface area contributed by atoms with Crippen LogP contribution in [0.2, 0.25) is 0 Å². The number of nitrogens with one attached hydrogen (secondary N) is 1. The molecule has 0 spiro atoms. The van der Waals surface area contributed by atoms with Gasteiger partial charge in [-0.1, -0.05) is 6.92 Å². The van der Waals surface area contributed by atoms with Gasteiger partial charge in [-0.3, -0.25) is 14.3 Å². The van der Waals surface area contributed by atoms with Gasteiger partial charge in [0.25, 0.3) is 5.69 Å². The van der Waals surface area contributed by atoms with Crippen molar-refractivity contribution in [1.82, 2.24) is 5.32 Å². The molecule has 0 aliphatic carbocycles. The molecule has 1 aromatic heterocycles. The average Bonchev–Trinajstić information content (AvgIpc) is 2.92. The highest BCUT2D eigenvalue weighted by atomic mass is 32.2. The first-order valence-corrected chi connectivity index (χ1v) is 7.83. The maximum Gasteiger partial charge on any atom is 0.269 e. The predicted molar refractivity (Wildman–Crippen MR) is 79.3 cm³/mol. The summed E-state index contributed by atoms with van der Waals surface area (Å²) < 4.78 is 17.8. The zero-order chi connectivity index (χ0) is 15.2. The van der Waals surface area contributed by atoms with Gasteiger partial charge in [0.1, 0.15) is 11.5 Å². The molecule has 1 heterocycles. The number of rotatable bonds is 7. The largest absolute Gasteiger partial charge is 0.464 e. The normalized spacial score (nSPS) is 12.2. The second-order valence-electron chi connectivity index (χ2n) is 4.39. The van der Waals surface area contributed by atoms with Crippen molar-refractivity contribution in [3.05, 3.63) is 58.0 Å². The molecule has 7 heteroatoms. The van der Waals surface area contributed by atoms with E-state index in [9.17, 15) is 14.3 Å². The Morgan fingerprint density at radius 1 is 1.19 bits per heavy atom. The van der Waals surface area contributed by atoms with Crippen LogP contribution in [0.5, 0.6) is 0 Å². The molecule has 0 bridgehead atoms. The topological polar surface area (TPSA) is 85.4 Å². The van der Waals surface area contributed by atoms with Gasteiger partial charge in [0.05, 0.1) is 28.0 Å². The second-order valence-corrected chi connectivity index (χ2v) is 5.84. The van der Waals surface area contributed by atoms with Crippen LogP contribution in [0.3, 0.4) is 0 Å². The first kappa shape index (κ1) is 15.4. The maximum absolute atomic E-state index is 12.2. The Morgan fingerprint density at radius 3 is 2.48 bits per heavy atom. The number of nitrogens with zero attached hydrogens (tertiary/aromatic N) is 1. The standard InChI is InChI=1S/C14H16N2O4S/c1-2-15-9-12-5-6-13(20-12)10-21(19)14-7-3-11(4-8-14)16(17)18/h3-8,15H,2,9-10H2,1H3. The van der Waals surface area contributed by atoms with Gasteiger partial charge in [-0.2, -0.15) is 0 Å². The number of non-ortho nitro benzene ring substituents is 1. The van der Waals surface area contributed by atoms with Crippen LogP contribution in [0, 0.1) is 10.1 Å². The molecule has 0 aliphatic rings. The fourth-order valence-corrected chi connectivity index (χ4v) is 2.80. The molecule has 0 aliphatic heterocycles. The third-order valence-corrected chi connectivity index (χ3v) is 4.19. The van der Waals surface area contributed by atoms with E-state index >= 15 is 0 Å². The predicted octanol–water partition coefficient (Wildman–Crippen LogP) is 2.61. The summed E-state index contributed by atoms with van der Waals surface area (Å²) >= 11 is 0.